The van der Waals surface area contributed by atoms with Crippen LogP contribution in [-0.2, 0) is 23.9 Å². The summed E-state index contributed by atoms with van der Waals surface area (Å²) in [5.74, 6) is -2.15. The van der Waals surface area contributed by atoms with Gasteiger partial charge in [-0.15, -0.1) is 0 Å². The minimum absolute atomic E-state index is 0.134. The summed E-state index contributed by atoms with van der Waals surface area (Å²) >= 11 is 0. The third-order valence-corrected chi connectivity index (χ3v) is 6.22. The van der Waals surface area contributed by atoms with Gasteiger partial charge in [-0.2, -0.15) is 0 Å². The van der Waals surface area contributed by atoms with E-state index in [1.54, 1.807) is 18.2 Å². The maximum absolute atomic E-state index is 12.6. The minimum Gasteiger partial charge on any atom is -0.454 e. The molecule has 1 saturated heterocycles. The lowest BCUT2D eigenvalue weighted by atomic mass is 9.81. The molecule has 2 bridgehead atoms. The summed E-state index contributed by atoms with van der Waals surface area (Å²) < 4.78 is 4.94. The molecule has 152 valence electrons. The Morgan fingerprint density at radius 2 is 1.76 bits per heavy atom. The summed E-state index contributed by atoms with van der Waals surface area (Å²) in [7, 11) is 0. The Balaban J connectivity index is 1.29. The van der Waals surface area contributed by atoms with Crippen LogP contribution >= 0.6 is 0 Å². The average Bonchev–Trinajstić information content (AvgIpc) is 3.37. The number of hydrogen-bond donors (Lipinski definition) is 1. The number of rotatable bonds is 6. The fourth-order valence-corrected chi connectivity index (χ4v) is 4.96. The number of ketones is 1. The van der Waals surface area contributed by atoms with E-state index in [0.717, 1.165) is 24.2 Å². The van der Waals surface area contributed by atoms with Gasteiger partial charge in [0.15, 0.2) is 12.4 Å². The Hall–Kier alpha value is -3.03. The van der Waals surface area contributed by atoms with Crippen molar-refractivity contribution in [3.05, 3.63) is 29.8 Å². The van der Waals surface area contributed by atoms with Crippen molar-refractivity contribution in [2.75, 3.05) is 18.5 Å². The molecule has 3 fully saturated rings. The van der Waals surface area contributed by atoms with E-state index in [9.17, 15) is 24.0 Å². The zero-order valence-corrected chi connectivity index (χ0v) is 16.1. The van der Waals surface area contributed by atoms with Crippen molar-refractivity contribution in [2.45, 2.75) is 26.2 Å². The third-order valence-electron chi connectivity index (χ3n) is 6.22. The second kappa shape index (κ2) is 7.42. The van der Waals surface area contributed by atoms with Crippen LogP contribution in [0.15, 0.2) is 24.3 Å². The Kier molecular flexibility index (Phi) is 4.94. The number of anilines is 1. The summed E-state index contributed by atoms with van der Waals surface area (Å²) in [6, 6.07) is 6.40. The molecule has 4 rings (SSSR count). The lowest BCUT2D eigenvalue weighted by molar-refractivity contribution is -0.154. The second-order valence-electron chi connectivity index (χ2n) is 7.99. The first-order valence-electron chi connectivity index (χ1n) is 9.77. The highest BCUT2D eigenvalue weighted by molar-refractivity contribution is 6.08. The number of benzene rings is 1. The van der Waals surface area contributed by atoms with E-state index in [1.165, 1.54) is 13.0 Å². The first-order valence-corrected chi connectivity index (χ1v) is 9.77. The van der Waals surface area contributed by atoms with Gasteiger partial charge in [-0.1, -0.05) is 12.1 Å². The number of carbonyl (C=O) groups excluding carboxylic acids is 5. The van der Waals surface area contributed by atoms with Gasteiger partial charge in [0, 0.05) is 11.3 Å². The molecule has 1 N–H and O–H groups in total. The molecule has 2 aliphatic carbocycles. The molecule has 4 atom stereocenters. The highest BCUT2D eigenvalue weighted by Gasteiger charge is 2.61. The monoisotopic (exact) mass is 398 g/mol. The van der Waals surface area contributed by atoms with Crippen molar-refractivity contribution in [1.82, 2.24) is 4.90 Å². The van der Waals surface area contributed by atoms with Gasteiger partial charge in [-0.05, 0) is 50.2 Å². The maximum Gasteiger partial charge on any atom is 0.326 e. The van der Waals surface area contributed by atoms with Crippen molar-refractivity contribution in [2.24, 2.45) is 23.7 Å². The van der Waals surface area contributed by atoms with Crippen molar-refractivity contribution in [3.63, 3.8) is 0 Å². The normalized spacial score (nSPS) is 27.1. The highest BCUT2D eigenvalue weighted by Crippen LogP contribution is 2.56. The molecule has 29 heavy (non-hydrogen) atoms. The number of nitrogens with one attached hydrogen (secondary N) is 1. The number of amides is 3. The molecule has 8 heteroatoms. The van der Waals surface area contributed by atoms with Crippen LogP contribution in [-0.4, -0.2) is 47.5 Å². The van der Waals surface area contributed by atoms with Crippen molar-refractivity contribution < 1.29 is 28.7 Å². The van der Waals surface area contributed by atoms with Gasteiger partial charge in [-0.25, -0.2) is 0 Å². The zero-order chi connectivity index (χ0) is 20.7. The summed E-state index contributed by atoms with van der Waals surface area (Å²) in [4.78, 5) is 61.6. The number of nitrogens with zero attached hydrogens (tertiary/aromatic N) is 1. The molecule has 2 saturated carbocycles. The van der Waals surface area contributed by atoms with Crippen LogP contribution in [0, 0.1) is 23.7 Å². The number of esters is 1. The van der Waals surface area contributed by atoms with E-state index in [1.807, 2.05) is 0 Å². The van der Waals surface area contributed by atoms with Crippen LogP contribution in [0.25, 0.3) is 0 Å². The molecule has 0 radical (unpaired) electrons. The number of imide groups is 1. The third kappa shape index (κ3) is 3.54. The Bertz CT molecular complexity index is 882. The molecular formula is C21H22N2O6. The molecule has 1 aromatic rings. The standard InChI is InChI=1S/C21H22N2O6/c1-11(24)12-3-2-4-15(8-12)22-16(25)10-29-17(26)9-23-20(27)18-13-5-6-14(7-13)19(18)21(23)28/h2-4,8,13-14,18-19H,5-7,9-10H2,1H3,(H,22,25)/t13-,14-,18+,19+/m0/s1. The number of Topliss-reactive ketones (excluding diaryl/α,β-unsaturated/α-hetero) is 1. The number of fused-ring (bicyclic) bond motifs is 5. The van der Waals surface area contributed by atoms with Crippen LogP contribution in [0.2, 0.25) is 0 Å². The topological polar surface area (TPSA) is 110 Å². The van der Waals surface area contributed by atoms with Crippen LogP contribution < -0.4 is 5.32 Å². The number of hydrogen-bond acceptors (Lipinski definition) is 6. The average molecular weight is 398 g/mol. The molecule has 0 aromatic heterocycles. The maximum atomic E-state index is 12.6. The van der Waals surface area contributed by atoms with Crippen LogP contribution in [0.4, 0.5) is 5.69 Å². The summed E-state index contributed by atoms with van der Waals surface area (Å²) in [6.45, 7) is 0.415. The summed E-state index contributed by atoms with van der Waals surface area (Å²) in [5, 5.41) is 2.54. The minimum atomic E-state index is -0.799. The van der Waals surface area contributed by atoms with E-state index >= 15 is 0 Å². The molecule has 8 nitrogen and oxygen atoms in total. The van der Waals surface area contributed by atoms with Gasteiger partial charge in [0.1, 0.15) is 6.54 Å². The molecule has 1 aliphatic heterocycles. The van der Waals surface area contributed by atoms with Gasteiger partial charge in [0.25, 0.3) is 5.91 Å². The van der Waals surface area contributed by atoms with Crippen LogP contribution in [0.5, 0.6) is 0 Å². The first kappa shape index (κ1) is 19.3. The molecule has 0 spiro atoms. The smallest absolute Gasteiger partial charge is 0.326 e. The van der Waals surface area contributed by atoms with Gasteiger partial charge in [-0.3, -0.25) is 28.9 Å². The zero-order valence-electron chi connectivity index (χ0n) is 16.1. The summed E-state index contributed by atoms with van der Waals surface area (Å²) in [6.07, 6.45) is 2.86. The molecule has 3 amide bonds. The quantitative estimate of drug-likeness (QED) is 0.441. The van der Waals surface area contributed by atoms with E-state index < -0.39 is 25.0 Å². The first-order chi connectivity index (χ1) is 13.8. The molecule has 0 unspecified atom stereocenters. The Morgan fingerprint density at radius 3 is 2.38 bits per heavy atom. The molecule has 3 aliphatic rings. The van der Waals surface area contributed by atoms with Gasteiger partial charge < -0.3 is 10.1 Å². The second-order valence-corrected chi connectivity index (χ2v) is 7.99. The predicted molar refractivity (Wildman–Crippen MR) is 101 cm³/mol. The fraction of sp³-hybridized carbons (Fsp3) is 0.476. The van der Waals surface area contributed by atoms with Crippen LogP contribution in [0.3, 0.4) is 0 Å². The van der Waals surface area contributed by atoms with Crippen molar-refractivity contribution in [3.8, 4) is 0 Å². The predicted octanol–water partition coefficient (Wildman–Crippen LogP) is 1.40. The van der Waals surface area contributed by atoms with Gasteiger partial charge in [0.2, 0.25) is 11.8 Å². The highest BCUT2D eigenvalue weighted by atomic mass is 16.5. The molecule has 1 aromatic carbocycles. The van der Waals surface area contributed by atoms with Crippen molar-refractivity contribution >= 4 is 35.2 Å². The number of likely N-dealkylation sites (tertiary alicyclic amines) is 1. The Labute approximate surface area is 167 Å². The fourth-order valence-electron chi connectivity index (χ4n) is 4.96. The van der Waals surface area contributed by atoms with E-state index in [4.69, 9.17) is 4.74 Å². The SMILES string of the molecule is CC(=O)c1cccc(NC(=O)COC(=O)CN2C(=O)[C@@H]3[C@H]4CC[C@@H](C4)[C@H]3C2=O)c1. The van der Waals surface area contributed by atoms with Gasteiger partial charge in [0.05, 0.1) is 11.8 Å². The van der Waals surface area contributed by atoms with E-state index in [-0.39, 0.29) is 41.3 Å². The number of ether oxygens (including phenoxy) is 1. The van der Waals surface area contributed by atoms with E-state index in [0.29, 0.717) is 11.3 Å². The lowest BCUT2D eigenvalue weighted by Gasteiger charge is -2.19. The molecular weight excluding hydrogens is 376 g/mol. The largest absolute Gasteiger partial charge is 0.454 e. The van der Waals surface area contributed by atoms with Crippen molar-refractivity contribution in [1.29, 1.82) is 0 Å². The summed E-state index contributed by atoms with van der Waals surface area (Å²) in [5.41, 5.74) is 0.859. The molecule has 1 heterocycles. The Morgan fingerprint density at radius 1 is 1.10 bits per heavy atom. The lowest BCUT2D eigenvalue weighted by Crippen LogP contribution is -2.38. The van der Waals surface area contributed by atoms with E-state index in [2.05, 4.69) is 5.32 Å². The van der Waals surface area contributed by atoms with Crippen LogP contribution in [0.1, 0.15) is 36.5 Å². The van der Waals surface area contributed by atoms with Gasteiger partial charge >= 0.3 is 5.97 Å². The number of carbonyl (C=O) groups is 5.